The fourth-order valence-electron chi connectivity index (χ4n) is 3.86. The Morgan fingerprint density at radius 3 is 2.37 bits per heavy atom. The molecule has 0 radical (unpaired) electrons. The van der Waals surface area contributed by atoms with E-state index in [0.29, 0.717) is 11.6 Å². The highest BCUT2D eigenvalue weighted by Crippen LogP contribution is 2.34. The summed E-state index contributed by atoms with van der Waals surface area (Å²) < 4.78 is 106. The minimum absolute atomic E-state index is 0.252. The minimum Gasteiger partial charge on any atom is -0.324 e. The summed E-state index contributed by atoms with van der Waals surface area (Å²) >= 11 is 0. The quantitative estimate of drug-likeness (QED) is 0.313. The molecule has 2 aromatic carbocycles. The van der Waals surface area contributed by atoms with Gasteiger partial charge in [-0.2, -0.15) is 18.4 Å². The van der Waals surface area contributed by atoms with Crippen molar-refractivity contribution in [3.05, 3.63) is 88.4 Å². The van der Waals surface area contributed by atoms with Gasteiger partial charge in [0.25, 0.3) is 0 Å². The van der Waals surface area contributed by atoms with Crippen LogP contribution in [-0.2, 0) is 38.1 Å². The Balaban J connectivity index is 2.10. The number of alkyl halides is 4. The monoisotopic (exact) mass is 571 g/mol. The number of carbonyl (C=O) groups excluding carboxylic acids is 1. The summed E-state index contributed by atoms with van der Waals surface area (Å²) in [6.45, 7) is 0. The Bertz CT molecular complexity index is 1490. The van der Waals surface area contributed by atoms with Crippen LogP contribution < -0.4 is 10.0 Å². The minimum atomic E-state index is -4.94. The molecule has 2 aromatic rings. The van der Waals surface area contributed by atoms with Gasteiger partial charge in [-0.1, -0.05) is 36.4 Å². The number of allylic oxidation sites excluding steroid dienone is 3. The topological polar surface area (TPSA) is 133 Å². The normalized spacial score (nSPS) is 17.4. The highest BCUT2D eigenvalue weighted by Gasteiger charge is 2.45. The van der Waals surface area contributed by atoms with Crippen LogP contribution in [0.25, 0.3) is 0 Å². The van der Waals surface area contributed by atoms with Gasteiger partial charge < -0.3 is 5.32 Å². The molecule has 1 amide bonds. The third kappa shape index (κ3) is 7.06. The van der Waals surface area contributed by atoms with Gasteiger partial charge in [0.05, 0.1) is 27.9 Å². The Kier molecular flexibility index (Phi) is 8.75. The SMILES string of the molecule is N#Cc1ccc(NC(=O)C(Cc2ccccc2)(CS(=O)(=O)C2=CCC(F)C=C2)N[SH](=O)=O)cc1C(F)(F)F. The van der Waals surface area contributed by atoms with Crippen molar-refractivity contribution in [2.75, 3.05) is 11.1 Å². The smallest absolute Gasteiger partial charge is 0.324 e. The highest BCUT2D eigenvalue weighted by molar-refractivity contribution is 7.95. The van der Waals surface area contributed by atoms with Crippen LogP contribution >= 0.6 is 0 Å². The molecule has 0 spiro atoms. The number of hydrogen-bond acceptors (Lipinski definition) is 6. The van der Waals surface area contributed by atoms with Crippen LogP contribution in [-0.4, -0.2) is 40.2 Å². The van der Waals surface area contributed by atoms with Crippen molar-refractivity contribution in [1.82, 2.24) is 4.72 Å². The lowest BCUT2D eigenvalue weighted by Crippen LogP contribution is -2.60. The molecule has 0 aliphatic heterocycles. The van der Waals surface area contributed by atoms with Crippen molar-refractivity contribution in [1.29, 1.82) is 5.26 Å². The van der Waals surface area contributed by atoms with E-state index in [4.69, 9.17) is 5.26 Å². The molecule has 0 fully saturated rings. The van der Waals surface area contributed by atoms with Gasteiger partial charge in [0.15, 0.2) is 9.84 Å². The molecule has 2 N–H and O–H groups in total. The van der Waals surface area contributed by atoms with E-state index in [1.54, 1.807) is 18.2 Å². The van der Waals surface area contributed by atoms with Gasteiger partial charge in [0, 0.05) is 18.5 Å². The van der Waals surface area contributed by atoms with Crippen LogP contribution in [0.5, 0.6) is 0 Å². The molecule has 14 heteroatoms. The second-order valence-corrected chi connectivity index (χ2v) is 11.1. The maximum absolute atomic E-state index is 13.6. The first-order valence-corrected chi connectivity index (χ1v) is 13.7. The lowest BCUT2D eigenvalue weighted by atomic mass is 9.92. The van der Waals surface area contributed by atoms with E-state index in [-0.39, 0.29) is 11.3 Å². The summed E-state index contributed by atoms with van der Waals surface area (Å²) in [7, 11) is -8.01. The molecule has 1 aliphatic carbocycles. The molecule has 2 unspecified atom stereocenters. The molecule has 202 valence electrons. The van der Waals surface area contributed by atoms with Crippen molar-refractivity contribution in [2.24, 2.45) is 0 Å². The van der Waals surface area contributed by atoms with E-state index in [1.807, 2.05) is 4.72 Å². The zero-order valence-corrected chi connectivity index (χ0v) is 21.1. The van der Waals surface area contributed by atoms with E-state index in [1.165, 1.54) is 18.2 Å². The summed E-state index contributed by atoms with van der Waals surface area (Å²) in [5, 5.41) is 11.2. The number of anilines is 1. The molecule has 38 heavy (non-hydrogen) atoms. The average molecular weight is 572 g/mol. The van der Waals surface area contributed by atoms with Crippen LogP contribution in [0.2, 0.25) is 0 Å². The number of rotatable bonds is 9. The Morgan fingerprint density at radius 2 is 1.82 bits per heavy atom. The molecule has 1 aliphatic rings. The van der Waals surface area contributed by atoms with Gasteiger partial charge >= 0.3 is 6.18 Å². The standard InChI is InChI=1S/C24H21F4N3O5S2/c25-18-7-10-20(11-8-18)38(35,36)15-23(31-37(33)34,13-16-4-2-1-3-5-16)22(32)30-19-9-6-17(14-29)21(12-19)24(26,27)28/h1-7,9-12,18,37H,8,13,15H2,(H,30,32)(H,31,33,34). The van der Waals surface area contributed by atoms with Crippen LogP contribution in [0.4, 0.5) is 23.2 Å². The predicted octanol–water partition coefficient (Wildman–Crippen LogP) is 3.21. The lowest BCUT2D eigenvalue weighted by molar-refractivity contribution is -0.137. The Hall–Kier alpha value is -3.54. The average Bonchev–Trinajstić information content (AvgIpc) is 2.83. The van der Waals surface area contributed by atoms with Gasteiger partial charge in [-0.3, -0.25) is 4.79 Å². The molecule has 2 atom stereocenters. The van der Waals surface area contributed by atoms with Gasteiger partial charge in [-0.25, -0.2) is 25.9 Å². The number of amides is 1. The van der Waals surface area contributed by atoms with E-state index in [0.717, 1.165) is 30.4 Å². The molecule has 0 heterocycles. The molecule has 3 rings (SSSR count). The molecule has 0 saturated heterocycles. The van der Waals surface area contributed by atoms with Crippen molar-refractivity contribution in [3.63, 3.8) is 0 Å². The van der Waals surface area contributed by atoms with Crippen LogP contribution in [0.3, 0.4) is 0 Å². The number of nitriles is 1. The first kappa shape index (κ1) is 29.0. The number of hydrogen-bond donors (Lipinski definition) is 3. The van der Waals surface area contributed by atoms with Crippen molar-refractivity contribution in [3.8, 4) is 6.07 Å². The molecular weight excluding hydrogens is 550 g/mol. The zero-order valence-electron chi connectivity index (χ0n) is 19.4. The van der Waals surface area contributed by atoms with Gasteiger partial charge in [0.1, 0.15) is 11.7 Å². The Labute approximate surface area is 217 Å². The van der Waals surface area contributed by atoms with Gasteiger partial charge in [-0.05, 0) is 35.9 Å². The Morgan fingerprint density at radius 1 is 1.13 bits per heavy atom. The van der Waals surface area contributed by atoms with E-state index >= 15 is 0 Å². The number of nitrogens with one attached hydrogen (secondary N) is 2. The lowest BCUT2D eigenvalue weighted by Gasteiger charge is -2.31. The second kappa shape index (κ2) is 11.5. The third-order valence-electron chi connectivity index (χ3n) is 5.60. The molecular formula is C24H21F4N3O5S2. The number of halogens is 4. The maximum Gasteiger partial charge on any atom is 0.417 e. The third-order valence-corrected chi connectivity index (χ3v) is 8.11. The van der Waals surface area contributed by atoms with Crippen molar-refractivity contribution < 1.29 is 39.2 Å². The number of sulfone groups is 1. The molecule has 8 nitrogen and oxygen atoms in total. The van der Waals surface area contributed by atoms with Gasteiger partial charge in [-0.15, -0.1) is 0 Å². The summed E-state index contributed by atoms with van der Waals surface area (Å²) in [5.74, 6) is -2.38. The van der Waals surface area contributed by atoms with Gasteiger partial charge in [0.2, 0.25) is 16.8 Å². The van der Waals surface area contributed by atoms with Crippen LogP contribution in [0, 0.1) is 11.3 Å². The summed E-state index contributed by atoms with van der Waals surface area (Å²) in [6, 6.07) is 11.5. The van der Waals surface area contributed by atoms with Crippen LogP contribution in [0.1, 0.15) is 23.1 Å². The van der Waals surface area contributed by atoms with Crippen molar-refractivity contribution >= 4 is 32.3 Å². The van der Waals surface area contributed by atoms with E-state index in [9.17, 15) is 39.2 Å². The first-order valence-electron chi connectivity index (χ1n) is 10.9. The number of carbonyl (C=O) groups is 1. The van der Waals surface area contributed by atoms with E-state index in [2.05, 4.69) is 5.32 Å². The number of nitrogens with zero attached hydrogens (tertiary/aromatic N) is 1. The van der Waals surface area contributed by atoms with Crippen LogP contribution in [0.15, 0.2) is 71.7 Å². The zero-order chi connectivity index (χ0) is 28.1. The maximum atomic E-state index is 13.6. The molecule has 0 saturated carbocycles. The second-order valence-electron chi connectivity index (χ2n) is 8.41. The summed E-state index contributed by atoms with van der Waals surface area (Å²) in [5.41, 5.74) is -4.58. The van der Waals surface area contributed by atoms with Crippen molar-refractivity contribution in [2.45, 2.75) is 30.7 Å². The number of thiol groups is 1. The summed E-state index contributed by atoms with van der Waals surface area (Å²) in [4.78, 5) is 13.2. The first-order chi connectivity index (χ1) is 17.8. The fraction of sp³-hybridized carbons (Fsp3) is 0.250. The largest absolute Gasteiger partial charge is 0.417 e. The summed E-state index contributed by atoms with van der Waals surface area (Å²) in [6.07, 6.45) is -4.00. The number of benzene rings is 2. The fourth-order valence-corrected chi connectivity index (χ4v) is 6.33. The predicted molar refractivity (Wildman–Crippen MR) is 132 cm³/mol. The molecule has 0 aromatic heterocycles. The van der Waals surface area contributed by atoms with E-state index < -0.39 is 73.5 Å². The molecule has 0 bridgehead atoms. The highest BCUT2D eigenvalue weighted by atomic mass is 32.2.